The van der Waals surface area contributed by atoms with Crippen LogP contribution in [-0.4, -0.2) is 66.6 Å². The highest BCUT2D eigenvalue weighted by molar-refractivity contribution is 5.77. The maximum atomic E-state index is 12.8. The summed E-state index contributed by atoms with van der Waals surface area (Å²) >= 11 is 0. The van der Waals surface area contributed by atoms with Gasteiger partial charge in [0.1, 0.15) is 0 Å². The zero-order valence-electron chi connectivity index (χ0n) is 15.1. The number of aliphatic hydroxyl groups excluding tert-OH is 1. The summed E-state index contributed by atoms with van der Waals surface area (Å²) in [6, 6.07) is 8.56. The van der Waals surface area contributed by atoms with Gasteiger partial charge in [-0.25, -0.2) is 0 Å². The molecule has 2 N–H and O–H groups in total. The maximum Gasteiger partial charge on any atom is 0.225 e. The first kappa shape index (κ1) is 17.9. The largest absolute Gasteiger partial charge is 0.389 e. The number of aliphatic hydroxyl groups is 1. The lowest BCUT2D eigenvalue weighted by Crippen LogP contribution is -2.54. The Morgan fingerprint density at radius 3 is 2.96 bits per heavy atom. The fourth-order valence-electron chi connectivity index (χ4n) is 4.20. The second-order valence-corrected chi connectivity index (χ2v) is 7.62. The molecule has 3 heterocycles. The minimum Gasteiger partial charge on any atom is -0.389 e. The Hall–Kier alpha value is -1.47. The van der Waals surface area contributed by atoms with E-state index in [1.807, 2.05) is 11.0 Å². The molecule has 1 aromatic rings. The molecule has 3 aliphatic heterocycles. The number of amides is 1. The number of ether oxygens (including phenoxy) is 2. The number of β-amino-alcohol motifs (C(OH)–C–C–N with tert-alkyl or cyclic N) is 1. The van der Waals surface area contributed by atoms with E-state index in [1.54, 1.807) is 0 Å². The van der Waals surface area contributed by atoms with Crippen LogP contribution in [0.1, 0.15) is 30.4 Å². The van der Waals surface area contributed by atoms with Crippen molar-refractivity contribution < 1.29 is 19.4 Å². The molecule has 0 aromatic heterocycles. The molecule has 4 atom stereocenters. The second-order valence-electron chi connectivity index (χ2n) is 7.62. The standard InChI is InChI=1S/C20H28N2O4/c23-16-10-21-18-6-5-17(26-19(18)13-25-12-16)9-20(24)22-8-7-14-3-1-2-4-15(14)11-22/h1-4,16-19,21,23H,5-13H2/t16-,17-,18-,19+/m1/s1. The summed E-state index contributed by atoms with van der Waals surface area (Å²) in [5.41, 5.74) is 2.61. The van der Waals surface area contributed by atoms with Crippen LogP contribution in [0.25, 0.3) is 0 Å². The highest BCUT2D eigenvalue weighted by Gasteiger charge is 2.34. The van der Waals surface area contributed by atoms with Crippen molar-refractivity contribution in [2.45, 2.75) is 56.6 Å². The number of nitrogens with one attached hydrogen (secondary N) is 1. The number of benzene rings is 1. The second kappa shape index (κ2) is 8.05. The molecule has 142 valence electrons. The van der Waals surface area contributed by atoms with E-state index in [-0.39, 0.29) is 24.2 Å². The smallest absolute Gasteiger partial charge is 0.225 e. The van der Waals surface area contributed by atoms with Gasteiger partial charge in [-0.15, -0.1) is 0 Å². The van der Waals surface area contributed by atoms with Gasteiger partial charge in [0.2, 0.25) is 5.91 Å². The number of carbonyl (C=O) groups excluding carboxylic acids is 1. The Balaban J connectivity index is 1.31. The van der Waals surface area contributed by atoms with Gasteiger partial charge in [-0.2, -0.15) is 0 Å². The minimum absolute atomic E-state index is 0.0452. The molecular formula is C20H28N2O4. The SMILES string of the molecule is O=C(C[C@H]1CC[C@H]2NC[C@@H](O)COC[C@@H]2O1)N1CCc2ccccc2C1. The van der Waals surface area contributed by atoms with Gasteiger partial charge in [0.15, 0.2) is 0 Å². The van der Waals surface area contributed by atoms with Crippen molar-refractivity contribution in [2.75, 3.05) is 26.3 Å². The number of rotatable bonds is 2. The van der Waals surface area contributed by atoms with Crippen molar-refractivity contribution in [2.24, 2.45) is 0 Å². The molecule has 1 amide bonds. The molecule has 2 saturated heterocycles. The Bertz CT molecular complexity index is 638. The molecule has 6 heteroatoms. The summed E-state index contributed by atoms with van der Waals surface area (Å²) in [6.45, 7) is 2.82. The molecule has 26 heavy (non-hydrogen) atoms. The first-order valence-electron chi connectivity index (χ1n) is 9.68. The van der Waals surface area contributed by atoms with Crippen molar-refractivity contribution in [3.8, 4) is 0 Å². The maximum absolute atomic E-state index is 12.8. The summed E-state index contributed by atoms with van der Waals surface area (Å²) in [5.74, 6) is 0.179. The van der Waals surface area contributed by atoms with Gasteiger partial charge in [-0.3, -0.25) is 4.79 Å². The van der Waals surface area contributed by atoms with Gasteiger partial charge in [0.05, 0.1) is 37.9 Å². The monoisotopic (exact) mass is 360 g/mol. The van der Waals surface area contributed by atoms with Gasteiger partial charge in [0, 0.05) is 25.7 Å². The van der Waals surface area contributed by atoms with Gasteiger partial charge in [0.25, 0.3) is 0 Å². The molecule has 4 rings (SSSR count). The van der Waals surface area contributed by atoms with Gasteiger partial charge in [-0.05, 0) is 30.4 Å². The summed E-state index contributed by atoms with van der Waals surface area (Å²) in [4.78, 5) is 14.7. The van der Waals surface area contributed by atoms with E-state index in [0.717, 1.165) is 25.8 Å². The highest BCUT2D eigenvalue weighted by Crippen LogP contribution is 2.25. The average molecular weight is 360 g/mol. The van der Waals surface area contributed by atoms with E-state index < -0.39 is 6.10 Å². The van der Waals surface area contributed by atoms with Crippen LogP contribution in [0, 0.1) is 0 Å². The van der Waals surface area contributed by atoms with Crippen LogP contribution < -0.4 is 5.32 Å². The van der Waals surface area contributed by atoms with Crippen LogP contribution in [0.15, 0.2) is 24.3 Å². The molecule has 0 unspecified atom stereocenters. The molecule has 0 bridgehead atoms. The molecular weight excluding hydrogens is 332 g/mol. The molecule has 1 aromatic carbocycles. The first-order chi connectivity index (χ1) is 12.7. The fourth-order valence-corrected chi connectivity index (χ4v) is 4.20. The lowest BCUT2D eigenvalue weighted by Gasteiger charge is -2.39. The van der Waals surface area contributed by atoms with E-state index in [9.17, 15) is 9.90 Å². The molecule has 0 saturated carbocycles. The molecule has 0 spiro atoms. The van der Waals surface area contributed by atoms with Crippen molar-refractivity contribution in [1.82, 2.24) is 10.2 Å². The van der Waals surface area contributed by atoms with Crippen molar-refractivity contribution in [3.05, 3.63) is 35.4 Å². The lowest BCUT2D eigenvalue weighted by molar-refractivity contribution is -0.145. The average Bonchev–Trinajstić information content (AvgIpc) is 2.65. The predicted molar refractivity (Wildman–Crippen MR) is 96.7 cm³/mol. The van der Waals surface area contributed by atoms with Crippen molar-refractivity contribution in [1.29, 1.82) is 0 Å². The number of hydrogen-bond acceptors (Lipinski definition) is 5. The Labute approximate surface area is 154 Å². The third-order valence-corrected chi connectivity index (χ3v) is 5.71. The van der Waals surface area contributed by atoms with E-state index in [4.69, 9.17) is 9.47 Å². The summed E-state index contributed by atoms with van der Waals surface area (Å²) in [7, 11) is 0. The fraction of sp³-hybridized carbons (Fsp3) is 0.650. The molecule has 2 fully saturated rings. The molecule has 0 radical (unpaired) electrons. The van der Waals surface area contributed by atoms with Crippen molar-refractivity contribution >= 4 is 5.91 Å². The molecule has 6 nitrogen and oxygen atoms in total. The van der Waals surface area contributed by atoms with Crippen LogP contribution in [-0.2, 0) is 27.2 Å². The highest BCUT2D eigenvalue weighted by atomic mass is 16.5. The zero-order chi connectivity index (χ0) is 17.9. The molecule has 3 aliphatic rings. The van der Waals surface area contributed by atoms with E-state index in [0.29, 0.717) is 32.7 Å². The van der Waals surface area contributed by atoms with Crippen molar-refractivity contribution in [3.63, 3.8) is 0 Å². The van der Waals surface area contributed by atoms with Gasteiger partial charge < -0.3 is 24.8 Å². The van der Waals surface area contributed by atoms with Gasteiger partial charge >= 0.3 is 0 Å². The third-order valence-electron chi connectivity index (χ3n) is 5.71. The first-order valence-corrected chi connectivity index (χ1v) is 9.68. The number of carbonyl (C=O) groups is 1. The number of nitrogens with zero attached hydrogens (tertiary/aromatic N) is 1. The van der Waals surface area contributed by atoms with Crippen LogP contribution in [0.2, 0.25) is 0 Å². The lowest BCUT2D eigenvalue weighted by atomic mass is 9.95. The summed E-state index contributed by atoms with van der Waals surface area (Å²) in [6.07, 6.45) is 2.62. The van der Waals surface area contributed by atoms with E-state index >= 15 is 0 Å². The van der Waals surface area contributed by atoms with E-state index in [2.05, 4.69) is 23.5 Å². The van der Waals surface area contributed by atoms with Crippen LogP contribution in [0.5, 0.6) is 0 Å². The van der Waals surface area contributed by atoms with E-state index in [1.165, 1.54) is 11.1 Å². The summed E-state index contributed by atoms with van der Waals surface area (Å²) in [5, 5.41) is 13.1. The topological polar surface area (TPSA) is 71.0 Å². The Morgan fingerprint density at radius 2 is 2.08 bits per heavy atom. The van der Waals surface area contributed by atoms with Crippen LogP contribution in [0.3, 0.4) is 0 Å². The quantitative estimate of drug-likeness (QED) is 0.819. The molecule has 0 aliphatic carbocycles. The third kappa shape index (κ3) is 4.09. The number of fused-ring (bicyclic) bond motifs is 2. The summed E-state index contributed by atoms with van der Waals surface area (Å²) < 4.78 is 11.7. The minimum atomic E-state index is -0.461. The Kier molecular flexibility index (Phi) is 5.55. The Morgan fingerprint density at radius 1 is 1.23 bits per heavy atom. The normalized spacial score (nSPS) is 32.1. The zero-order valence-corrected chi connectivity index (χ0v) is 15.1. The van der Waals surface area contributed by atoms with Crippen LogP contribution >= 0.6 is 0 Å². The van der Waals surface area contributed by atoms with Crippen LogP contribution in [0.4, 0.5) is 0 Å². The number of hydrogen-bond donors (Lipinski definition) is 2. The predicted octanol–water partition coefficient (Wildman–Crippen LogP) is 0.858. The van der Waals surface area contributed by atoms with Gasteiger partial charge in [-0.1, -0.05) is 24.3 Å².